The van der Waals surface area contributed by atoms with Crippen molar-refractivity contribution >= 4 is 16.5 Å². The summed E-state index contributed by atoms with van der Waals surface area (Å²) in [5.41, 5.74) is 2.13. The van der Waals surface area contributed by atoms with Crippen molar-refractivity contribution in [2.75, 3.05) is 25.3 Å². The topological polar surface area (TPSA) is 38.3 Å². The minimum atomic E-state index is -0.817. The van der Waals surface area contributed by atoms with E-state index in [1.165, 1.54) is 0 Å². The summed E-state index contributed by atoms with van der Waals surface area (Å²) in [5.74, 6) is 0.586. The predicted octanol–water partition coefficient (Wildman–Crippen LogP) is 2.01. The minimum absolute atomic E-state index is 0.247. The van der Waals surface area contributed by atoms with Gasteiger partial charge in [-0.25, -0.2) is 0 Å². The van der Waals surface area contributed by atoms with Crippen molar-refractivity contribution in [3.8, 4) is 0 Å². The molecule has 90 valence electrons. The Bertz CT molecular complexity index is 355. The Balaban J connectivity index is 2.74. The molecule has 16 heavy (non-hydrogen) atoms. The van der Waals surface area contributed by atoms with E-state index in [1.807, 2.05) is 24.3 Å². The van der Waals surface area contributed by atoms with E-state index in [9.17, 15) is 4.21 Å². The fourth-order valence-corrected chi connectivity index (χ4v) is 2.25. The summed E-state index contributed by atoms with van der Waals surface area (Å²) in [5, 5.41) is 3.36. The number of ether oxygens (including phenoxy) is 1. The Morgan fingerprint density at radius 2 is 2.12 bits per heavy atom. The summed E-state index contributed by atoms with van der Waals surface area (Å²) in [6, 6.07) is 8.20. The van der Waals surface area contributed by atoms with Crippen molar-refractivity contribution in [2.45, 2.75) is 18.7 Å². The highest BCUT2D eigenvalue weighted by Gasteiger charge is 2.06. The number of para-hydroxylation sites is 1. The monoisotopic (exact) mass is 241 g/mol. The molecular weight excluding hydrogens is 222 g/mol. The van der Waals surface area contributed by atoms with E-state index in [4.69, 9.17) is 4.74 Å². The van der Waals surface area contributed by atoms with E-state index < -0.39 is 10.8 Å². The summed E-state index contributed by atoms with van der Waals surface area (Å²) in [6.07, 6.45) is 1.72. The Kier molecular flexibility index (Phi) is 5.49. The van der Waals surface area contributed by atoms with Gasteiger partial charge in [-0.05, 0) is 18.6 Å². The fourth-order valence-electron chi connectivity index (χ4n) is 1.56. The number of nitrogens with one attached hydrogen (secondary N) is 1. The lowest BCUT2D eigenvalue weighted by Gasteiger charge is -2.17. The number of methoxy groups -OCH3 is 1. The summed E-state index contributed by atoms with van der Waals surface area (Å²) < 4.78 is 16.3. The quantitative estimate of drug-likeness (QED) is 0.828. The van der Waals surface area contributed by atoms with Gasteiger partial charge in [0, 0.05) is 35.9 Å². The maximum atomic E-state index is 11.2. The average molecular weight is 241 g/mol. The van der Waals surface area contributed by atoms with Crippen molar-refractivity contribution in [1.82, 2.24) is 0 Å². The van der Waals surface area contributed by atoms with Crippen LogP contribution in [-0.2, 0) is 21.3 Å². The maximum Gasteiger partial charge on any atom is 0.0661 e. The molecule has 1 aromatic rings. The van der Waals surface area contributed by atoms with E-state index in [-0.39, 0.29) is 6.04 Å². The van der Waals surface area contributed by atoms with Crippen LogP contribution in [0.25, 0.3) is 0 Å². The molecule has 0 aliphatic heterocycles. The van der Waals surface area contributed by atoms with Gasteiger partial charge in [-0.3, -0.25) is 4.21 Å². The van der Waals surface area contributed by atoms with E-state index in [1.54, 1.807) is 13.4 Å². The molecule has 0 saturated heterocycles. The SMILES string of the molecule is COCC(C)Nc1ccccc1CS(C)=O. The van der Waals surface area contributed by atoms with Crippen molar-refractivity contribution in [3.05, 3.63) is 29.8 Å². The van der Waals surface area contributed by atoms with Crippen LogP contribution in [-0.4, -0.2) is 30.2 Å². The molecule has 0 fully saturated rings. The largest absolute Gasteiger partial charge is 0.383 e. The van der Waals surface area contributed by atoms with Crippen LogP contribution < -0.4 is 5.32 Å². The third kappa shape index (κ3) is 4.33. The molecule has 0 bridgehead atoms. The van der Waals surface area contributed by atoms with Gasteiger partial charge in [0.2, 0.25) is 0 Å². The molecule has 0 aliphatic rings. The lowest BCUT2D eigenvalue weighted by molar-refractivity contribution is 0.190. The first-order valence-corrected chi connectivity index (χ1v) is 6.99. The van der Waals surface area contributed by atoms with Gasteiger partial charge in [0.25, 0.3) is 0 Å². The van der Waals surface area contributed by atoms with Gasteiger partial charge in [-0.1, -0.05) is 18.2 Å². The smallest absolute Gasteiger partial charge is 0.0661 e. The predicted molar refractivity (Wildman–Crippen MR) is 69.2 cm³/mol. The van der Waals surface area contributed by atoms with Crippen molar-refractivity contribution in [3.63, 3.8) is 0 Å². The molecule has 0 amide bonds. The van der Waals surface area contributed by atoms with Gasteiger partial charge in [0.1, 0.15) is 0 Å². The molecule has 1 N–H and O–H groups in total. The van der Waals surface area contributed by atoms with Crippen LogP contribution in [0.5, 0.6) is 0 Å². The second kappa shape index (κ2) is 6.66. The van der Waals surface area contributed by atoms with Gasteiger partial charge in [-0.15, -0.1) is 0 Å². The van der Waals surface area contributed by atoms with Gasteiger partial charge in [0.15, 0.2) is 0 Å². The fraction of sp³-hybridized carbons (Fsp3) is 0.500. The Labute approximate surface area is 99.7 Å². The Hall–Kier alpha value is -0.870. The molecule has 2 atom stereocenters. The highest BCUT2D eigenvalue weighted by atomic mass is 32.2. The highest BCUT2D eigenvalue weighted by molar-refractivity contribution is 7.83. The molecule has 0 aliphatic carbocycles. The molecule has 0 spiro atoms. The van der Waals surface area contributed by atoms with Gasteiger partial charge >= 0.3 is 0 Å². The second-order valence-electron chi connectivity index (χ2n) is 3.88. The van der Waals surface area contributed by atoms with E-state index >= 15 is 0 Å². The van der Waals surface area contributed by atoms with Gasteiger partial charge in [-0.2, -0.15) is 0 Å². The Morgan fingerprint density at radius 1 is 1.44 bits per heavy atom. The van der Waals surface area contributed by atoms with Crippen LogP contribution in [0.1, 0.15) is 12.5 Å². The van der Waals surface area contributed by atoms with E-state index in [0.29, 0.717) is 12.4 Å². The number of rotatable bonds is 6. The van der Waals surface area contributed by atoms with Crippen LogP contribution in [0.15, 0.2) is 24.3 Å². The summed E-state index contributed by atoms with van der Waals surface area (Å²) in [6.45, 7) is 2.72. The van der Waals surface area contributed by atoms with Crippen LogP contribution in [0.4, 0.5) is 5.69 Å². The summed E-state index contributed by atoms with van der Waals surface area (Å²) in [7, 11) is 0.869. The van der Waals surface area contributed by atoms with E-state index in [2.05, 4.69) is 12.2 Å². The molecule has 3 nitrogen and oxygen atoms in total. The number of anilines is 1. The lowest BCUT2D eigenvalue weighted by atomic mass is 10.2. The first kappa shape index (κ1) is 13.2. The molecule has 1 rings (SSSR count). The zero-order valence-electron chi connectivity index (χ0n) is 10.0. The van der Waals surface area contributed by atoms with Crippen molar-refractivity contribution < 1.29 is 8.95 Å². The number of hydrogen-bond acceptors (Lipinski definition) is 3. The van der Waals surface area contributed by atoms with Crippen molar-refractivity contribution in [1.29, 1.82) is 0 Å². The first-order valence-electron chi connectivity index (χ1n) is 5.27. The van der Waals surface area contributed by atoms with Gasteiger partial charge < -0.3 is 10.1 Å². The first-order chi connectivity index (χ1) is 7.63. The minimum Gasteiger partial charge on any atom is -0.383 e. The molecule has 1 aromatic carbocycles. The molecule has 0 heterocycles. The lowest BCUT2D eigenvalue weighted by Crippen LogP contribution is -2.21. The molecule has 0 aromatic heterocycles. The van der Waals surface area contributed by atoms with Crippen LogP contribution in [0, 0.1) is 0 Å². The van der Waals surface area contributed by atoms with Crippen LogP contribution in [0.2, 0.25) is 0 Å². The Morgan fingerprint density at radius 3 is 2.75 bits per heavy atom. The molecular formula is C12H19NO2S. The average Bonchev–Trinajstić information content (AvgIpc) is 2.20. The third-order valence-electron chi connectivity index (χ3n) is 2.19. The second-order valence-corrected chi connectivity index (χ2v) is 5.31. The molecule has 0 radical (unpaired) electrons. The van der Waals surface area contributed by atoms with Crippen LogP contribution >= 0.6 is 0 Å². The zero-order valence-corrected chi connectivity index (χ0v) is 10.8. The van der Waals surface area contributed by atoms with Crippen molar-refractivity contribution in [2.24, 2.45) is 0 Å². The zero-order chi connectivity index (χ0) is 12.0. The number of hydrogen-bond donors (Lipinski definition) is 1. The molecule has 4 heteroatoms. The number of benzene rings is 1. The molecule has 0 saturated carbocycles. The third-order valence-corrected chi connectivity index (χ3v) is 2.91. The van der Waals surface area contributed by atoms with Crippen LogP contribution in [0.3, 0.4) is 0 Å². The standard InChI is InChI=1S/C12H19NO2S/c1-10(8-15-2)13-12-7-5-4-6-11(12)9-16(3)14/h4-7,10,13H,8-9H2,1-3H3. The van der Waals surface area contributed by atoms with Gasteiger partial charge in [0.05, 0.1) is 12.4 Å². The summed E-state index contributed by atoms with van der Waals surface area (Å²) in [4.78, 5) is 0. The normalized spacial score (nSPS) is 14.4. The van der Waals surface area contributed by atoms with E-state index in [0.717, 1.165) is 11.3 Å². The highest BCUT2D eigenvalue weighted by Crippen LogP contribution is 2.17. The summed E-state index contributed by atoms with van der Waals surface area (Å²) >= 11 is 0. The molecule has 2 unspecified atom stereocenters. The maximum absolute atomic E-state index is 11.2.